The van der Waals surface area contributed by atoms with Crippen LogP contribution < -0.4 is 5.32 Å². The first-order valence-electron chi connectivity index (χ1n) is 8.99. The fraction of sp³-hybridized carbons (Fsp3) is 0.333. The summed E-state index contributed by atoms with van der Waals surface area (Å²) in [7, 11) is 0. The number of carbonyl (C=O) groups excluding carboxylic acids is 2. The van der Waals surface area contributed by atoms with E-state index < -0.39 is 0 Å². The van der Waals surface area contributed by atoms with Gasteiger partial charge in [0.25, 0.3) is 0 Å². The first-order valence-corrected chi connectivity index (χ1v) is 9.79. The van der Waals surface area contributed by atoms with E-state index in [0.29, 0.717) is 0 Å². The number of carbonyl (C=O) groups is 2. The summed E-state index contributed by atoms with van der Waals surface area (Å²) < 4.78 is 0.920. The third-order valence-electron chi connectivity index (χ3n) is 4.94. The van der Waals surface area contributed by atoms with Crippen molar-refractivity contribution >= 4 is 33.4 Å². The number of hydrogen-bond acceptors (Lipinski definition) is 2. The maximum Gasteiger partial charge on any atom is 0.244 e. The van der Waals surface area contributed by atoms with Crippen molar-refractivity contribution in [3.63, 3.8) is 0 Å². The predicted octanol–water partition coefficient (Wildman–Crippen LogP) is 4.76. The molecule has 2 aromatic carbocycles. The number of hydrogen-bond donors (Lipinski definition) is 1. The average molecular weight is 415 g/mol. The highest BCUT2D eigenvalue weighted by molar-refractivity contribution is 9.10. The van der Waals surface area contributed by atoms with Gasteiger partial charge in [-0.05, 0) is 36.6 Å². The molecule has 1 unspecified atom stereocenters. The van der Waals surface area contributed by atoms with Crippen molar-refractivity contribution in [3.05, 3.63) is 64.1 Å². The number of rotatable bonds is 4. The molecule has 1 aliphatic heterocycles. The van der Waals surface area contributed by atoms with Crippen molar-refractivity contribution < 1.29 is 9.59 Å². The first-order chi connectivity index (χ1) is 12.5. The molecule has 0 fully saturated rings. The van der Waals surface area contributed by atoms with Gasteiger partial charge in [-0.3, -0.25) is 9.59 Å². The van der Waals surface area contributed by atoms with Crippen molar-refractivity contribution in [2.75, 3.05) is 11.9 Å². The Morgan fingerprint density at radius 1 is 1.19 bits per heavy atom. The summed E-state index contributed by atoms with van der Waals surface area (Å²) in [5.74, 6) is -0.208. The predicted molar refractivity (Wildman–Crippen MR) is 107 cm³/mol. The molecule has 2 amide bonds. The molecule has 1 atom stereocenters. The van der Waals surface area contributed by atoms with Crippen LogP contribution in [0.3, 0.4) is 0 Å². The first kappa shape index (κ1) is 18.6. The zero-order valence-corrected chi connectivity index (χ0v) is 16.6. The lowest BCUT2D eigenvalue weighted by Gasteiger charge is -2.33. The van der Waals surface area contributed by atoms with Gasteiger partial charge in [-0.15, -0.1) is 0 Å². The van der Waals surface area contributed by atoms with Gasteiger partial charge < -0.3 is 10.2 Å². The number of fused-ring (bicyclic) bond motifs is 1. The van der Waals surface area contributed by atoms with Gasteiger partial charge in [-0.25, -0.2) is 0 Å². The minimum atomic E-state index is -0.296. The van der Waals surface area contributed by atoms with E-state index in [2.05, 4.69) is 21.2 Å². The molecule has 0 aliphatic carbocycles. The summed E-state index contributed by atoms with van der Waals surface area (Å²) in [6, 6.07) is 15.4. The molecule has 0 radical (unpaired) electrons. The molecule has 1 N–H and O–H groups in total. The second-order valence-corrected chi connectivity index (χ2v) is 7.49. The van der Waals surface area contributed by atoms with Gasteiger partial charge in [0.05, 0.1) is 6.04 Å². The van der Waals surface area contributed by atoms with Gasteiger partial charge in [-0.2, -0.15) is 0 Å². The van der Waals surface area contributed by atoms with E-state index in [4.69, 9.17) is 0 Å². The van der Waals surface area contributed by atoms with Crippen LogP contribution in [0.5, 0.6) is 0 Å². The number of nitrogens with one attached hydrogen (secondary N) is 1. The van der Waals surface area contributed by atoms with Gasteiger partial charge in [0.1, 0.15) is 6.54 Å². The zero-order valence-electron chi connectivity index (χ0n) is 15.0. The van der Waals surface area contributed by atoms with Gasteiger partial charge in [0, 0.05) is 21.6 Å². The van der Waals surface area contributed by atoms with Crippen molar-refractivity contribution in [2.45, 2.75) is 32.7 Å². The van der Waals surface area contributed by atoms with Crippen molar-refractivity contribution in [2.24, 2.45) is 5.92 Å². The van der Waals surface area contributed by atoms with Crippen molar-refractivity contribution in [1.29, 1.82) is 0 Å². The van der Waals surface area contributed by atoms with Crippen LogP contribution in [0.4, 0.5) is 5.69 Å². The minimum Gasteiger partial charge on any atom is -0.324 e. The van der Waals surface area contributed by atoms with E-state index in [-0.39, 0.29) is 30.3 Å². The molecule has 26 heavy (non-hydrogen) atoms. The summed E-state index contributed by atoms with van der Waals surface area (Å²) in [5.41, 5.74) is 2.69. The molecule has 3 rings (SSSR count). The van der Waals surface area contributed by atoms with Gasteiger partial charge in [0.15, 0.2) is 0 Å². The lowest BCUT2D eigenvalue weighted by Crippen LogP contribution is -2.42. The van der Waals surface area contributed by atoms with Crippen LogP contribution in [0.2, 0.25) is 0 Å². The second-order valence-electron chi connectivity index (χ2n) is 6.57. The lowest BCUT2D eigenvalue weighted by atomic mass is 9.93. The van der Waals surface area contributed by atoms with E-state index in [1.54, 1.807) is 4.90 Å². The zero-order chi connectivity index (χ0) is 18.7. The largest absolute Gasteiger partial charge is 0.324 e. The lowest BCUT2D eigenvalue weighted by molar-refractivity contribution is -0.140. The van der Waals surface area contributed by atoms with Crippen LogP contribution in [0.25, 0.3) is 0 Å². The van der Waals surface area contributed by atoms with E-state index >= 15 is 0 Å². The highest BCUT2D eigenvalue weighted by Gasteiger charge is 2.35. The van der Waals surface area contributed by atoms with E-state index in [9.17, 15) is 9.59 Å². The number of halogens is 1. The smallest absolute Gasteiger partial charge is 0.244 e. The Balaban J connectivity index is 2.17. The van der Waals surface area contributed by atoms with Crippen molar-refractivity contribution in [3.8, 4) is 0 Å². The van der Waals surface area contributed by atoms with Crippen LogP contribution >= 0.6 is 15.9 Å². The highest BCUT2D eigenvalue weighted by Crippen LogP contribution is 2.38. The summed E-state index contributed by atoms with van der Waals surface area (Å²) in [5, 5.41) is 2.96. The molecule has 0 saturated carbocycles. The fourth-order valence-electron chi connectivity index (χ4n) is 3.55. The third kappa shape index (κ3) is 3.68. The third-order valence-corrected chi connectivity index (χ3v) is 5.43. The molecule has 0 spiro atoms. The van der Waals surface area contributed by atoms with Gasteiger partial charge in [-0.1, -0.05) is 60.1 Å². The number of anilines is 1. The number of benzene rings is 2. The van der Waals surface area contributed by atoms with Crippen LogP contribution in [0.1, 0.15) is 43.9 Å². The standard InChI is InChI=1S/C21H23BrN2O2/c1-3-14(4-2)21(26)24-13-19(25)23-18-11-10-16(22)12-17(18)20(24)15-8-6-5-7-9-15/h5-12,14,20H,3-4,13H2,1-2H3,(H,23,25). The average Bonchev–Trinajstić information content (AvgIpc) is 2.79. The molecule has 0 bridgehead atoms. The SMILES string of the molecule is CCC(CC)C(=O)N1CC(=O)Nc2ccc(Br)cc2C1c1ccccc1. The van der Waals surface area contributed by atoms with Crippen LogP contribution in [0.15, 0.2) is 53.0 Å². The minimum absolute atomic E-state index is 0.0341. The Morgan fingerprint density at radius 3 is 2.54 bits per heavy atom. The maximum atomic E-state index is 13.3. The number of nitrogens with zero attached hydrogens (tertiary/aromatic N) is 1. The Kier molecular flexibility index (Phi) is 5.77. The topological polar surface area (TPSA) is 49.4 Å². The summed E-state index contributed by atoms with van der Waals surface area (Å²) >= 11 is 3.53. The number of amides is 2. The molecule has 5 heteroatoms. The molecule has 136 valence electrons. The Labute approximate surface area is 162 Å². The van der Waals surface area contributed by atoms with E-state index in [0.717, 1.165) is 34.1 Å². The quantitative estimate of drug-likeness (QED) is 0.783. The normalized spacial score (nSPS) is 16.8. The molecular formula is C21H23BrN2O2. The van der Waals surface area contributed by atoms with Crippen LogP contribution in [0, 0.1) is 5.92 Å². The van der Waals surface area contributed by atoms with Gasteiger partial charge in [0.2, 0.25) is 11.8 Å². The molecular weight excluding hydrogens is 392 g/mol. The molecule has 1 heterocycles. The molecule has 0 saturated heterocycles. The van der Waals surface area contributed by atoms with Crippen molar-refractivity contribution in [1.82, 2.24) is 4.90 Å². The Morgan fingerprint density at radius 2 is 1.88 bits per heavy atom. The summed E-state index contributed by atoms with van der Waals surface area (Å²) in [6.45, 7) is 4.10. The molecule has 0 aromatic heterocycles. The second kappa shape index (κ2) is 8.04. The highest BCUT2D eigenvalue weighted by atomic mass is 79.9. The molecule has 1 aliphatic rings. The monoisotopic (exact) mass is 414 g/mol. The summed E-state index contributed by atoms with van der Waals surface area (Å²) in [6.07, 6.45) is 1.53. The molecule has 4 nitrogen and oxygen atoms in total. The van der Waals surface area contributed by atoms with Crippen LogP contribution in [-0.2, 0) is 9.59 Å². The fourth-order valence-corrected chi connectivity index (χ4v) is 3.93. The Bertz CT molecular complexity index is 803. The maximum absolute atomic E-state index is 13.3. The summed E-state index contributed by atoms with van der Waals surface area (Å²) in [4.78, 5) is 27.5. The van der Waals surface area contributed by atoms with Gasteiger partial charge >= 0.3 is 0 Å². The molecule has 2 aromatic rings. The van der Waals surface area contributed by atoms with E-state index in [1.165, 1.54) is 0 Å². The van der Waals surface area contributed by atoms with Crippen LogP contribution in [-0.4, -0.2) is 23.3 Å². The Hall–Kier alpha value is -2.14. The van der Waals surface area contributed by atoms with E-state index in [1.807, 2.05) is 62.4 Å².